The maximum Gasteiger partial charge on any atom is 0.345 e. The zero-order valence-corrected chi connectivity index (χ0v) is 17.8. The van der Waals surface area contributed by atoms with Gasteiger partial charge in [0.15, 0.2) is 5.65 Å². The van der Waals surface area contributed by atoms with E-state index in [0.29, 0.717) is 29.2 Å². The van der Waals surface area contributed by atoms with Gasteiger partial charge in [0.05, 0.1) is 22.6 Å². The molecule has 4 rings (SSSR count). The van der Waals surface area contributed by atoms with Crippen LogP contribution in [-0.4, -0.2) is 45.5 Å². The number of aromatic nitrogens is 3. The summed E-state index contributed by atoms with van der Waals surface area (Å²) in [5, 5.41) is 0.823. The first-order valence-electron chi connectivity index (χ1n) is 10.2. The zero-order chi connectivity index (χ0) is 21.3. The van der Waals surface area contributed by atoms with Crippen LogP contribution in [0.1, 0.15) is 25.2 Å². The number of nitrogens with zero attached hydrogens (tertiary/aromatic N) is 4. The third-order valence-corrected chi connectivity index (χ3v) is 5.28. The summed E-state index contributed by atoms with van der Waals surface area (Å²) in [6.07, 6.45) is 3.73. The van der Waals surface area contributed by atoms with Crippen molar-refractivity contribution in [2.24, 2.45) is 0 Å². The van der Waals surface area contributed by atoms with E-state index in [1.807, 2.05) is 48.8 Å². The molecule has 0 atom stereocenters. The Labute approximate surface area is 174 Å². The van der Waals surface area contributed by atoms with E-state index in [1.165, 1.54) is 0 Å². The number of aryl methyl sites for hydroxylation is 2. The second kappa shape index (κ2) is 8.28. The fourth-order valence-corrected chi connectivity index (χ4v) is 3.63. The molecule has 156 valence electrons. The first-order valence-corrected chi connectivity index (χ1v) is 10.2. The number of imidazole rings is 1. The Morgan fingerprint density at radius 2 is 1.90 bits per heavy atom. The summed E-state index contributed by atoms with van der Waals surface area (Å²) in [7, 11) is 0. The van der Waals surface area contributed by atoms with E-state index >= 15 is 0 Å². The molecule has 30 heavy (non-hydrogen) atoms. The molecular weight excluding hydrogens is 380 g/mol. The van der Waals surface area contributed by atoms with Gasteiger partial charge in [0.2, 0.25) is 0 Å². The second-order valence-corrected chi connectivity index (χ2v) is 7.35. The highest BCUT2D eigenvalue weighted by Crippen LogP contribution is 2.25. The van der Waals surface area contributed by atoms with Crippen molar-refractivity contribution >= 4 is 16.6 Å². The molecule has 3 heterocycles. The van der Waals surface area contributed by atoms with Crippen LogP contribution in [0.5, 0.6) is 5.75 Å². The molecule has 0 aliphatic heterocycles. The molecule has 0 fully saturated rings. The SMILES string of the molecule is CCN(CC)CCOc1ccc2cc(-c3cn4cc(C)nc(C)c4n3)c(=O)oc2c1. The minimum absolute atomic E-state index is 0.423. The van der Waals surface area contributed by atoms with E-state index in [-0.39, 0.29) is 0 Å². The van der Waals surface area contributed by atoms with E-state index < -0.39 is 5.63 Å². The average Bonchev–Trinajstić information content (AvgIpc) is 3.14. The number of ether oxygens (including phenoxy) is 1. The summed E-state index contributed by atoms with van der Waals surface area (Å²) in [4.78, 5) is 24.0. The first kappa shape index (κ1) is 20.1. The van der Waals surface area contributed by atoms with Crippen molar-refractivity contribution in [3.8, 4) is 17.0 Å². The van der Waals surface area contributed by atoms with Gasteiger partial charge in [-0.3, -0.25) is 4.98 Å². The molecule has 7 nitrogen and oxygen atoms in total. The van der Waals surface area contributed by atoms with Crippen LogP contribution >= 0.6 is 0 Å². The van der Waals surface area contributed by atoms with Crippen LogP contribution in [0.25, 0.3) is 27.9 Å². The van der Waals surface area contributed by atoms with Crippen LogP contribution in [0.3, 0.4) is 0 Å². The summed E-state index contributed by atoms with van der Waals surface area (Å²) >= 11 is 0. The standard InChI is InChI=1S/C23H26N4O3/c1-5-26(6-2)9-10-29-18-8-7-17-11-19(23(28)30-21(17)12-18)20-14-27-13-15(3)24-16(4)22(27)25-20/h7-8,11-14H,5-6,9-10H2,1-4H3. The number of fused-ring (bicyclic) bond motifs is 2. The lowest BCUT2D eigenvalue weighted by atomic mass is 10.1. The van der Waals surface area contributed by atoms with Gasteiger partial charge >= 0.3 is 5.63 Å². The van der Waals surface area contributed by atoms with Crippen molar-refractivity contribution in [3.63, 3.8) is 0 Å². The fraction of sp³-hybridized carbons (Fsp3) is 0.348. The van der Waals surface area contributed by atoms with E-state index in [0.717, 1.165) is 42.1 Å². The quantitative estimate of drug-likeness (QED) is 0.434. The third-order valence-electron chi connectivity index (χ3n) is 5.28. The molecular formula is C23H26N4O3. The smallest absolute Gasteiger partial charge is 0.345 e. The van der Waals surface area contributed by atoms with Crippen LogP contribution in [-0.2, 0) is 0 Å². The Bertz CT molecular complexity index is 1250. The Kier molecular flexibility index (Phi) is 5.55. The third kappa shape index (κ3) is 3.93. The lowest BCUT2D eigenvalue weighted by Crippen LogP contribution is -2.27. The molecule has 0 saturated carbocycles. The number of likely N-dealkylation sites (N-methyl/N-ethyl adjacent to an activating group) is 1. The maximum absolute atomic E-state index is 12.7. The highest BCUT2D eigenvalue weighted by molar-refractivity contribution is 5.82. The Morgan fingerprint density at radius 1 is 1.10 bits per heavy atom. The molecule has 7 heteroatoms. The van der Waals surface area contributed by atoms with Crippen LogP contribution < -0.4 is 10.4 Å². The predicted molar refractivity (Wildman–Crippen MR) is 117 cm³/mol. The lowest BCUT2D eigenvalue weighted by molar-refractivity contribution is 0.223. The number of hydrogen-bond acceptors (Lipinski definition) is 6. The van der Waals surface area contributed by atoms with Crippen molar-refractivity contribution in [3.05, 3.63) is 58.5 Å². The van der Waals surface area contributed by atoms with E-state index in [2.05, 4.69) is 28.7 Å². The molecule has 0 saturated heterocycles. The first-order chi connectivity index (χ1) is 14.5. The fourth-order valence-electron chi connectivity index (χ4n) is 3.63. The van der Waals surface area contributed by atoms with Gasteiger partial charge in [-0.1, -0.05) is 13.8 Å². The highest BCUT2D eigenvalue weighted by atomic mass is 16.5. The monoisotopic (exact) mass is 406 g/mol. The zero-order valence-electron chi connectivity index (χ0n) is 17.8. The van der Waals surface area contributed by atoms with Crippen LogP contribution in [0.2, 0.25) is 0 Å². The van der Waals surface area contributed by atoms with Crippen LogP contribution in [0, 0.1) is 13.8 Å². The number of hydrogen-bond donors (Lipinski definition) is 0. The van der Waals surface area contributed by atoms with Gasteiger partial charge in [-0.05, 0) is 45.1 Å². The van der Waals surface area contributed by atoms with Gasteiger partial charge in [0.25, 0.3) is 0 Å². The van der Waals surface area contributed by atoms with E-state index in [9.17, 15) is 4.79 Å². The molecule has 0 radical (unpaired) electrons. The molecule has 0 spiro atoms. The lowest BCUT2D eigenvalue weighted by Gasteiger charge is -2.18. The molecule has 0 unspecified atom stereocenters. The molecule has 0 aliphatic rings. The summed E-state index contributed by atoms with van der Waals surface area (Å²) in [6, 6.07) is 7.39. The Morgan fingerprint density at radius 3 is 2.67 bits per heavy atom. The molecule has 0 bridgehead atoms. The molecule has 0 amide bonds. The largest absolute Gasteiger partial charge is 0.492 e. The average molecular weight is 406 g/mol. The molecule has 0 aliphatic carbocycles. The normalized spacial score (nSPS) is 11.6. The van der Waals surface area contributed by atoms with Crippen molar-refractivity contribution in [1.29, 1.82) is 0 Å². The number of rotatable bonds is 7. The number of benzene rings is 1. The summed E-state index contributed by atoms with van der Waals surface area (Å²) in [5.74, 6) is 0.690. The minimum atomic E-state index is -0.423. The Balaban J connectivity index is 1.63. The van der Waals surface area contributed by atoms with Gasteiger partial charge in [0.1, 0.15) is 17.9 Å². The van der Waals surface area contributed by atoms with Crippen LogP contribution in [0.4, 0.5) is 0 Å². The topological polar surface area (TPSA) is 72.9 Å². The predicted octanol–water partition coefficient (Wildman–Crippen LogP) is 3.84. The molecule has 1 aromatic carbocycles. The molecule has 4 aromatic rings. The van der Waals surface area contributed by atoms with Gasteiger partial charge < -0.3 is 18.5 Å². The Hall–Kier alpha value is -3.19. The summed E-state index contributed by atoms with van der Waals surface area (Å²) < 4.78 is 13.3. The molecule has 3 aromatic heterocycles. The summed E-state index contributed by atoms with van der Waals surface area (Å²) in [5.41, 5.74) is 3.52. The molecule has 0 N–H and O–H groups in total. The van der Waals surface area contributed by atoms with Crippen molar-refractivity contribution in [1.82, 2.24) is 19.3 Å². The summed E-state index contributed by atoms with van der Waals surface area (Å²) in [6.45, 7) is 11.5. The van der Waals surface area contributed by atoms with E-state index in [1.54, 1.807) is 6.07 Å². The van der Waals surface area contributed by atoms with Gasteiger partial charge in [-0.2, -0.15) is 0 Å². The second-order valence-electron chi connectivity index (χ2n) is 7.35. The van der Waals surface area contributed by atoms with Crippen molar-refractivity contribution < 1.29 is 9.15 Å². The maximum atomic E-state index is 12.7. The highest BCUT2D eigenvalue weighted by Gasteiger charge is 2.14. The van der Waals surface area contributed by atoms with Gasteiger partial charge in [0, 0.05) is 30.4 Å². The van der Waals surface area contributed by atoms with Gasteiger partial charge in [-0.15, -0.1) is 0 Å². The minimum Gasteiger partial charge on any atom is -0.492 e. The van der Waals surface area contributed by atoms with E-state index in [4.69, 9.17) is 9.15 Å². The van der Waals surface area contributed by atoms with Crippen molar-refractivity contribution in [2.45, 2.75) is 27.7 Å². The van der Waals surface area contributed by atoms with Crippen LogP contribution in [0.15, 0.2) is 45.9 Å². The van der Waals surface area contributed by atoms with Gasteiger partial charge in [-0.25, -0.2) is 9.78 Å². The van der Waals surface area contributed by atoms with Crippen molar-refractivity contribution in [2.75, 3.05) is 26.2 Å².